The normalized spacial score (nSPS) is 20.2. The molecule has 0 aliphatic heterocycles. The zero-order valence-corrected chi connectivity index (χ0v) is 11.2. The molecule has 98 valence electrons. The Kier molecular flexibility index (Phi) is 2.52. The Balaban J connectivity index is 1.91. The second-order valence-electron chi connectivity index (χ2n) is 6.01. The molecule has 2 aromatic rings. The molecule has 3 heteroatoms. The highest BCUT2D eigenvalue weighted by molar-refractivity contribution is 6.04. The molecule has 1 fully saturated rings. The number of benzene rings is 2. The van der Waals surface area contributed by atoms with Crippen LogP contribution in [-0.2, 0) is 0 Å². The van der Waals surface area contributed by atoms with Gasteiger partial charge in [-0.2, -0.15) is 0 Å². The summed E-state index contributed by atoms with van der Waals surface area (Å²) in [4.78, 5) is 12.3. The standard InChI is InChI=1S/C16H18N2O/c1-16(2)9-14(16)18-15(19)12-7-10-5-3-4-6-11(10)8-13(12)17/h3-8,14H,9,17H2,1-2H3,(H,18,19). The minimum Gasteiger partial charge on any atom is -0.398 e. The number of hydrogen-bond donors (Lipinski definition) is 2. The van der Waals surface area contributed by atoms with Gasteiger partial charge in [-0.1, -0.05) is 38.1 Å². The Morgan fingerprint density at radius 1 is 1.26 bits per heavy atom. The fraction of sp³-hybridized carbons (Fsp3) is 0.312. The molecule has 3 N–H and O–H groups in total. The van der Waals surface area contributed by atoms with Gasteiger partial charge in [0.2, 0.25) is 0 Å². The molecular formula is C16H18N2O. The molecule has 3 rings (SSSR count). The van der Waals surface area contributed by atoms with Gasteiger partial charge in [0.1, 0.15) is 0 Å². The van der Waals surface area contributed by atoms with Crippen LogP contribution in [0.4, 0.5) is 5.69 Å². The van der Waals surface area contributed by atoms with Crippen molar-refractivity contribution in [3.8, 4) is 0 Å². The van der Waals surface area contributed by atoms with Gasteiger partial charge in [-0.15, -0.1) is 0 Å². The predicted octanol–water partition coefficient (Wildman–Crippen LogP) is 2.95. The predicted molar refractivity (Wildman–Crippen MR) is 78.0 cm³/mol. The van der Waals surface area contributed by atoms with Crippen molar-refractivity contribution in [2.45, 2.75) is 26.3 Å². The number of hydrogen-bond acceptors (Lipinski definition) is 2. The number of nitrogen functional groups attached to an aromatic ring is 1. The molecule has 0 bridgehead atoms. The number of anilines is 1. The van der Waals surface area contributed by atoms with Gasteiger partial charge in [-0.05, 0) is 34.7 Å². The first-order chi connectivity index (χ1) is 8.97. The molecule has 19 heavy (non-hydrogen) atoms. The fourth-order valence-electron chi connectivity index (χ4n) is 2.40. The van der Waals surface area contributed by atoms with E-state index in [-0.39, 0.29) is 17.4 Å². The van der Waals surface area contributed by atoms with Crippen molar-refractivity contribution in [1.82, 2.24) is 5.32 Å². The summed E-state index contributed by atoms with van der Waals surface area (Å²) >= 11 is 0. The zero-order chi connectivity index (χ0) is 13.6. The lowest BCUT2D eigenvalue weighted by atomic mass is 10.0. The van der Waals surface area contributed by atoms with E-state index >= 15 is 0 Å². The van der Waals surface area contributed by atoms with Gasteiger partial charge in [0.05, 0.1) is 5.56 Å². The second-order valence-corrected chi connectivity index (χ2v) is 6.01. The summed E-state index contributed by atoms with van der Waals surface area (Å²) in [6.07, 6.45) is 1.03. The van der Waals surface area contributed by atoms with Gasteiger partial charge in [-0.3, -0.25) is 4.79 Å². The van der Waals surface area contributed by atoms with E-state index in [1.807, 2.05) is 36.4 Å². The maximum Gasteiger partial charge on any atom is 0.253 e. The molecule has 1 amide bonds. The minimum absolute atomic E-state index is 0.0705. The van der Waals surface area contributed by atoms with Crippen LogP contribution in [0.1, 0.15) is 30.6 Å². The fourth-order valence-corrected chi connectivity index (χ4v) is 2.40. The number of nitrogens with one attached hydrogen (secondary N) is 1. The maximum atomic E-state index is 12.3. The average molecular weight is 254 g/mol. The van der Waals surface area contributed by atoms with Crippen LogP contribution in [0.15, 0.2) is 36.4 Å². The first-order valence-corrected chi connectivity index (χ1v) is 6.56. The van der Waals surface area contributed by atoms with Gasteiger partial charge in [0.15, 0.2) is 0 Å². The summed E-state index contributed by atoms with van der Waals surface area (Å²) in [5.74, 6) is -0.0705. The van der Waals surface area contributed by atoms with Crippen LogP contribution < -0.4 is 11.1 Å². The third-order valence-corrected chi connectivity index (χ3v) is 3.98. The lowest BCUT2D eigenvalue weighted by Crippen LogP contribution is -2.29. The molecule has 0 spiro atoms. The van der Waals surface area contributed by atoms with Crippen molar-refractivity contribution in [1.29, 1.82) is 0 Å². The van der Waals surface area contributed by atoms with Crippen LogP contribution in [-0.4, -0.2) is 11.9 Å². The highest BCUT2D eigenvalue weighted by atomic mass is 16.1. The number of carbonyl (C=O) groups excluding carboxylic acids is 1. The SMILES string of the molecule is CC1(C)CC1NC(=O)c1cc2ccccc2cc1N. The molecule has 1 aliphatic carbocycles. The number of fused-ring (bicyclic) bond motifs is 1. The van der Waals surface area contributed by atoms with E-state index in [0.717, 1.165) is 17.2 Å². The van der Waals surface area contributed by atoms with E-state index in [1.165, 1.54) is 0 Å². The van der Waals surface area contributed by atoms with Crippen molar-refractivity contribution in [3.63, 3.8) is 0 Å². The van der Waals surface area contributed by atoms with Crippen molar-refractivity contribution in [3.05, 3.63) is 42.0 Å². The first kappa shape index (κ1) is 12.0. The molecule has 3 nitrogen and oxygen atoms in total. The van der Waals surface area contributed by atoms with Gasteiger partial charge >= 0.3 is 0 Å². The van der Waals surface area contributed by atoms with Gasteiger partial charge < -0.3 is 11.1 Å². The van der Waals surface area contributed by atoms with Crippen LogP contribution >= 0.6 is 0 Å². The molecule has 2 aromatic carbocycles. The molecule has 1 saturated carbocycles. The van der Waals surface area contributed by atoms with Crippen molar-refractivity contribution in [2.75, 3.05) is 5.73 Å². The lowest BCUT2D eigenvalue weighted by Gasteiger charge is -2.10. The Bertz CT molecular complexity index is 661. The van der Waals surface area contributed by atoms with Crippen LogP contribution in [0.25, 0.3) is 10.8 Å². The number of carbonyl (C=O) groups is 1. The van der Waals surface area contributed by atoms with E-state index in [1.54, 1.807) is 0 Å². The van der Waals surface area contributed by atoms with E-state index in [9.17, 15) is 4.79 Å². The Morgan fingerprint density at radius 3 is 2.42 bits per heavy atom. The van der Waals surface area contributed by atoms with Crippen LogP contribution in [0.3, 0.4) is 0 Å². The summed E-state index contributed by atoms with van der Waals surface area (Å²) in [6, 6.07) is 11.9. The van der Waals surface area contributed by atoms with Crippen molar-refractivity contribution in [2.24, 2.45) is 5.41 Å². The second kappa shape index (κ2) is 3.98. The Morgan fingerprint density at radius 2 is 1.84 bits per heavy atom. The quantitative estimate of drug-likeness (QED) is 0.809. The molecular weight excluding hydrogens is 236 g/mol. The number of rotatable bonds is 2. The molecule has 0 heterocycles. The third-order valence-electron chi connectivity index (χ3n) is 3.98. The third kappa shape index (κ3) is 2.16. The molecule has 1 aliphatic rings. The summed E-state index contributed by atoms with van der Waals surface area (Å²) in [6.45, 7) is 4.31. The minimum atomic E-state index is -0.0705. The van der Waals surface area contributed by atoms with Gasteiger partial charge in [0.25, 0.3) is 5.91 Å². The van der Waals surface area contributed by atoms with E-state index < -0.39 is 0 Å². The van der Waals surface area contributed by atoms with Crippen LogP contribution in [0.2, 0.25) is 0 Å². The van der Waals surface area contributed by atoms with Crippen molar-refractivity contribution < 1.29 is 4.79 Å². The van der Waals surface area contributed by atoms with Gasteiger partial charge in [0, 0.05) is 11.7 Å². The van der Waals surface area contributed by atoms with Crippen LogP contribution in [0.5, 0.6) is 0 Å². The smallest absolute Gasteiger partial charge is 0.253 e. The first-order valence-electron chi connectivity index (χ1n) is 6.56. The maximum absolute atomic E-state index is 12.3. The molecule has 0 saturated heterocycles. The number of amides is 1. The van der Waals surface area contributed by atoms with E-state index in [0.29, 0.717) is 11.3 Å². The Hall–Kier alpha value is -2.03. The highest BCUT2D eigenvalue weighted by Gasteiger charge is 2.46. The van der Waals surface area contributed by atoms with Crippen molar-refractivity contribution >= 4 is 22.4 Å². The Labute approximate surface area is 112 Å². The average Bonchev–Trinajstić information content (AvgIpc) is 2.95. The van der Waals surface area contributed by atoms with Crippen LogP contribution in [0, 0.1) is 5.41 Å². The van der Waals surface area contributed by atoms with E-state index in [2.05, 4.69) is 19.2 Å². The van der Waals surface area contributed by atoms with E-state index in [4.69, 9.17) is 5.73 Å². The summed E-state index contributed by atoms with van der Waals surface area (Å²) in [5, 5.41) is 5.14. The molecule has 1 unspecified atom stereocenters. The summed E-state index contributed by atoms with van der Waals surface area (Å²) < 4.78 is 0. The molecule has 0 radical (unpaired) electrons. The summed E-state index contributed by atoms with van der Waals surface area (Å²) in [5.41, 5.74) is 7.32. The largest absolute Gasteiger partial charge is 0.398 e. The molecule has 0 aromatic heterocycles. The molecule has 1 atom stereocenters. The number of nitrogens with two attached hydrogens (primary N) is 1. The monoisotopic (exact) mass is 254 g/mol. The summed E-state index contributed by atoms with van der Waals surface area (Å²) in [7, 11) is 0. The van der Waals surface area contributed by atoms with Gasteiger partial charge in [-0.25, -0.2) is 0 Å². The lowest BCUT2D eigenvalue weighted by molar-refractivity contribution is 0.0947. The zero-order valence-electron chi connectivity index (χ0n) is 11.2. The highest BCUT2D eigenvalue weighted by Crippen LogP contribution is 2.44. The topological polar surface area (TPSA) is 55.1 Å².